The molecule has 1 aromatic carbocycles. The van der Waals surface area contributed by atoms with Gasteiger partial charge in [-0.25, -0.2) is 0 Å². The number of amides is 1. The zero-order chi connectivity index (χ0) is 10.3. The largest absolute Gasteiger partial charge is 0.349 e. The Morgan fingerprint density at radius 3 is 2.93 bits per heavy atom. The lowest BCUT2D eigenvalue weighted by atomic mass is 10.2. The van der Waals surface area contributed by atoms with Crippen molar-refractivity contribution >= 4 is 16.9 Å². The second kappa shape index (κ2) is 3.05. The molecule has 0 radical (unpaired) electrons. The van der Waals surface area contributed by atoms with Crippen LogP contribution in [-0.4, -0.2) is 27.4 Å². The van der Waals surface area contributed by atoms with Crippen LogP contribution in [0.15, 0.2) is 18.2 Å². The lowest BCUT2D eigenvalue weighted by Gasteiger charge is -2.01. The van der Waals surface area contributed by atoms with E-state index in [2.05, 4.69) is 20.7 Å². The fourth-order valence-electron chi connectivity index (χ4n) is 1.48. The van der Waals surface area contributed by atoms with E-state index in [1.165, 1.54) is 0 Å². The summed E-state index contributed by atoms with van der Waals surface area (Å²) in [7, 11) is 0. The van der Waals surface area contributed by atoms with E-state index in [0.717, 1.165) is 23.9 Å². The predicted octanol–water partition coefficient (Wildman–Crippen LogP) is 0.850. The molecule has 0 atom stereocenters. The van der Waals surface area contributed by atoms with Gasteiger partial charge in [-0.3, -0.25) is 4.79 Å². The molecule has 1 fully saturated rings. The highest BCUT2D eigenvalue weighted by atomic mass is 16.1. The molecular formula is C10H10N4O. The third-order valence-corrected chi connectivity index (χ3v) is 2.49. The molecule has 0 bridgehead atoms. The summed E-state index contributed by atoms with van der Waals surface area (Å²) >= 11 is 0. The Kier molecular flexibility index (Phi) is 1.71. The van der Waals surface area contributed by atoms with Crippen LogP contribution in [0.2, 0.25) is 0 Å². The van der Waals surface area contributed by atoms with Crippen LogP contribution in [0.25, 0.3) is 11.0 Å². The summed E-state index contributed by atoms with van der Waals surface area (Å²) in [6.07, 6.45) is 2.19. The summed E-state index contributed by atoms with van der Waals surface area (Å²) in [6, 6.07) is 5.69. The fourth-order valence-corrected chi connectivity index (χ4v) is 1.48. The molecule has 1 amide bonds. The Morgan fingerprint density at radius 1 is 1.33 bits per heavy atom. The summed E-state index contributed by atoms with van der Waals surface area (Å²) in [6.45, 7) is 0. The minimum absolute atomic E-state index is 0.0256. The van der Waals surface area contributed by atoms with Gasteiger partial charge >= 0.3 is 0 Å². The number of aromatic amines is 1. The Morgan fingerprint density at radius 2 is 2.13 bits per heavy atom. The third kappa shape index (κ3) is 1.56. The van der Waals surface area contributed by atoms with Gasteiger partial charge in [-0.05, 0) is 31.0 Å². The topological polar surface area (TPSA) is 70.7 Å². The van der Waals surface area contributed by atoms with Crippen LogP contribution in [-0.2, 0) is 0 Å². The average Bonchev–Trinajstić information content (AvgIpc) is 2.94. The van der Waals surface area contributed by atoms with Crippen molar-refractivity contribution in [3.8, 4) is 0 Å². The normalized spacial score (nSPS) is 15.5. The molecule has 76 valence electrons. The van der Waals surface area contributed by atoms with Crippen LogP contribution < -0.4 is 5.32 Å². The van der Waals surface area contributed by atoms with Crippen LogP contribution in [0.1, 0.15) is 23.2 Å². The number of hydrogen-bond acceptors (Lipinski definition) is 3. The molecule has 15 heavy (non-hydrogen) atoms. The van der Waals surface area contributed by atoms with Gasteiger partial charge in [0.05, 0.1) is 0 Å². The summed E-state index contributed by atoms with van der Waals surface area (Å²) in [4.78, 5) is 11.7. The molecule has 1 aliphatic carbocycles. The predicted molar refractivity (Wildman–Crippen MR) is 54.4 cm³/mol. The monoisotopic (exact) mass is 202 g/mol. The van der Waals surface area contributed by atoms with Crippen LogP contribution in [0.4, 0.5) is 0 Å². The number of nitrogens with zero attached hydrogens (tertiary/aromatic N) is 2. The highest BCUT2D eigenvalue weighted by Gasteiger charge is 2.23. The number of carbonyl (C=O) groups excluding carboxylic acids is 1. The molecule has 3 rings (SSSR count). The molecule has 1 saturated carbocycles. The number of carbonyl (C=O) groups is 1. The number of benzene rings is 1. The van der Waals surface area contributed by atoms with Gasteiger partial charge in [0.2, 0.25) is 0 Å². The van der Waals surface area contributed by atoms with Gasteiger partial charge in [0.25, 0.3) is 5.91 Å². The minimum Gasteiger partial charge on any atom is -0.349 e. The van der Waals surface area contributed by atoms with Gasteiger partial charge in [-0.15, -0.1) is 0 Å². The van der Waals surface area contributed by atoms with E-state index in [4.69, 9.17) is 0 Å². The summed E-state index contributed by atoms with van der Waals surface area (Å²) in [5.41, 5.74) is 2.14. The Hall–Kier alpha value is -1.91. The van der Waals surface area contributed by atoms with Crippen LogP contribution in [0.3, 0.4) is 0 Å². The van der Waals surface area contributed by atoms with E-state index in [1.54, 1.807) is 18.2 Å². The first kappa shape index (κ1) is 8.40. The zero-order valence-corrected chi connectivity index (χ0v) is 8.03. The lowest BCUT2D eigenvalue weighted by molar-refractivity contribution is 0.0951. The van der Waals surface area contributed by atoms with Crippen molar-refractivity contribution in [1.82, 2.24) is 20.7 Å². The molecule has 0 spiro atoms. The highest BCUT2D eigenvalue weighted by Crippen LogP contribution is 2.19. The maximum absolute atomic E-state index is 11.7. The van der Waals surface area contributed by atoms with Gasteiger partial charge in [0.1, 0.15) is 11.0 Å². The van der Waals surface area contributed by atoms with E-state index in [0.29, 0.717) is 11.6 Å². The van der Waals surface area contributed by atoms with Gasteiger partial charge in [-0.1, -0.05) is 0 Å². The first-order chi connectivity index (χ1) is 7.33. The van der Waals surface area contributed by atoms with E-state index >= 15 is 0 Å². The Balaban J connectivity index is 1.91. The van der Waals surface area contributed by atoms with E-state index < -0.39 is 0 Å². The number of aromatic nitrogens is 3. The summed E-state index contributed by atoms with van der Waals surface area (Å²) < 4.78 is 0. The second-order valence-corrected chi connectivity index (χ2v) is 3.77. The molecule has 5 nitrogen and oxygen atoms in total. The Labute approximate surface area is 85.9 Å². The first-order valence-corrected chi connectivity index (χ1v) is 4.94. The maximum Gasteiger partial charge on any atom is 0.251 e. The van der Waals surface area contributed by atoms with Crippen molar-refractivity contribution in [1.29, 1.82) is 0 Å². The molecule has 0 saturated heterocycles. The number of nitrogens with one attached hydrogen (secondary N) is 2. The highest BCUT2D eigenvalue weighted by molar-refractivity contribution is 5.97. The second-order valence-electron chi connectivity index (χ2n) is 3.77. The van der Waals surface area contributed by atoms with Gasteiger partial charge < -0.3 is 5.32 Å². The number of H-pyrrole nitrogens is 1. The maximum atomic E-state index is 11.7. The molecule has 1 aliphatic rings. The van der Waals surface area contributed by atoms with Crippen molar-refractivity contribution in [2.24, 2.45) is 0 Å². The smallest absolute Gasteiger partial charge is 0.251 e. The van der Waals surface area contributed by atoms with Crippen LogP contribution in [0.5, 0.6) is 0 Å². The molecular weight excluding hydrogens is 192 g/mol. The van der Waals surface area contributed by atoms with E-state index in [1.807, 2.05) is 0 Å². The van der Waals surface area contributed by atoms with Gasteiger partial charge in [-0.2, -0.15) is 15.4 Å². The minimum atomic E-state index is -0.0256. The molecule has 0 unspecified atom stereocenters. The summed E-state index contributed by atoms with van der Waals surface area (Å²) in [5.74, 6) is -0.0256. The standard InChI is InChI=1S/C10H10N4O/c15-10(11-7-2-3-7)6-1-4-8-9(5-6)13-14-12-8/h1,4-5,7H,2-3H2,(H,11,15)(H,12,13,14). The van der Waals surface area contributed by atoms with Gasteiger partial charge in [0.15, 0.2) is 0 Å². The average molecular weight is 202 g/mol. The number of fused-ring (bicyclic) bond motifs is 1. The quantitative estimate of drug-likeness (QED) is 0.758. The van der Waals surface area contributed by atoms with E-state index in [9.17, 15) is 4.79 Å². The SMILES string of the molecule is O=C(NC1CC1)c1ccc2n[nH]nc2c1. The van der Waals surface area contributed by atoms with Crippen molar-refractivity contribution in [3.63, 3.8) is 0 Å². The molecule has 5 heteroatoms. The molecule has 2 aromatic rings. The molecule has 1 aromatic heterocycles. The van der Waals surface area contributed by atoms with Crippen LogP contribution >= 0.6 is 0 Å². The zero-order valence-electron chi connectivity index (χ0n) is 8.03. The van der Waals surface area contributed by atoms with Crippen molar-refractivity contribution in [3.05, 3.63) is 23.8 Å². The molecule has 2 N–H and O–H groups in total. The first-order valence-electron chi connectivity index (χ1n) is 4.94. The van der Waals surface area contributed by atoms with Gasteiger partial charge in [0, 0.05) is 11.6 Å². The summed E-state index contributed by atoms with van der Waals surface area (Å²) in [5, 5.41) is 13.3. The van der Waals surface area contributed by atoms with Crippen LogP contribution in [0, 0.1) is 0 Å². The lowest BCUT2D eigenvalue weighted by Crippen LogP contribution is -2.25. The van der Waals surface area contributed by atoms with E-state index in [-0.39, 0.29) is 5.91 Å². The molecule has 1 heterocycles. The van der Waals surface area contributed by atoms with Crippen molar-refractivity contribution in [2.45, 2.75) is 18.9 Å². The molecule has 0 aliphatic heterocycles. The van der Waals surface area contributed by atoms with Crippen molar-refractivity contribution < 1.29 is 4.79 Å². The number of hydrogen-bond donors (Lipinski definition) is 2. The fraction of sp³-hybridized carbons (Fsp3) is 0.300. The Bertz CT molecular complexity index is 515. The third-order valence-electron chi connectivity index (χ3n) is 2.49. The van der Waals surface area contributed by atoms with Crippen molar-refractivity contribution in [2.75, 3.05) is 0 Å². The number of rotatable bonds is 2.